The van der Waals surface area contributed by atoms with Gasteiger partial charge >= 0.3 is 0 Å². The maximum Gasteiger partial charge on any atom is 0.254 e. The van der Waals surface area contributed by atoms with Crippen molar-refractivity contribution in [3.8, 4) is 5.75 Å². The molecular weight excluding hydrogens is 292 g/mol. The van der Waals surface area contributed by atoms with E-state index in [0.717, 1.165) is 12.8 Å². The van der Waals surface area contributed by atoms with Gasteiger partial charge in [0.2, 0.25) is 5.91 Å². The average Bonchev–Trinajstić information content (AvgIpc) is 2.71. The minimum Gasteiger partial charge on any atom is -0.495 e. The van der Waals surface area contributed by atoms with Gasteiger partial charge in [0.05, 0.1) is 12.1 Å². The van der Waals surface area contributed by atoms with Crippen molar-refractivity contribution < 1.29 is 14.3 Å². The topological polar surface area (TPSA) is 58.6 Å². The van der Waals surface area contributed by atoms with E-state index in [-0.39, 0.29) is 11.8 Å². The second-order valence-corrected chi connectivity index (χ2v) is 5.48. The van der Waals surface area contributed by atoms with Crippen LogP contribution in [0, 0.1) is 0 Å². The van der Waals surface area contributed by atoms with E-state index >= 15 is 0 Å². The third kappa shape index (κ3) is 3.47. The second-order valence-electron chi connectivity index (χ2n) is 5.07. The summed E-state index contributed by atoms with van der Waals surface area (Å²) in [4.78, 5) is 26.0. The number of nitrogens with one attached hydrogen (secondary N) is 1. The number of ether oxygens (including phenoxy) is 1. The lowest BCUT2D eigenvalue weighted by Gasteiger charge is -2.26. The molecule has 0 aliphatic carbocycles. The smallest absolute Gasteiger partial charge is 0.254 e. The zero-order valence-electron chi connectivity index (χ0n) is 12.2. The molecule has 2 amide bonds. The Morgan fingerprint density at radius 2 is 2.19 bits per heavy atom. The van der Waals surface area contributed by atoms with Gasteiger partial charge in [-0.3, -0.25) is 9.59 Å². The van der Waals surface area contributed by atoms with E-state index in [2.05, 4.69) is 5.32 Å². The van der Waals surface area contributed by atoms with E-state index in [1.807, 2.05) is 0 Å². The molecule has 1 unspecified atom stereocenters. The minimum atomic E-state index is -0.429. The molecule has 21 heavy (non-hydrogen) atoms. The fraction of sp³-hybridized carbons (Fsp3) is 0.467. The first-order valence-electron chi connectivity index (χ1n) is 6.93. The molecule has 0 bridgehead atoms. The van der Waals surface area contributed by atoms with Crippen molar-refractivity contribution in [3.05, 3.63) is 28.8 Å². The highest BCUT2D eigenvalue weighted by Crippen LogP contribution is 2.26. The summed E-state index contributed by atoms with van der Waals surface area (Å²) in [5.41, 5.74) is 0.454. The zero-order valence-corrected chi connectivity index (χ0v) is 12.9. The Bertz CT molecular complexity index is 548. The molecule has 1 fully saturated rings. The van der Waals surface area contributed by atoms with Gasteiger partial charge < -0.3 is 15.0 Å². The maximum atomic E-state index is 12.5. The number of methoxy groups -OCH3 is 1. The van der Waals surface area contributed by atoms with Crippen LogP contribution in [0.15, 0.2) is 18.2 Å². The molecular formula is C15H19ClN2O3. The maximum absolute atomic E-state index is 12.5. The highest BCUT2D eigenvalue weighted by atomic mass is 35.5. The minimum absolute atomic E-state index is 0.0933. The van der Waals surface area contributed by atoms with Crippen LogP contribution in [0.2, 0.25) is 5.02 Å². The van der Waals surface area contributed by atoms with Crippen molar-refractivity contribution in [1.29, 1.82) is 0 Å². The SMILES string of the molecule is COc1cc(C(=O)N(C)C2CCCCNC2=O)ccc1Cl. The van der Waals surface area contributed by atoms with E-state index in [1.54, 1.807) is 25.2 Å². The number of nitrogens with zero attached hydrogens (tertiary/aromatic N) is 1. The number of hydrogen-bond donors (Lipinski definition) is 1. The molecule has 1 N–H and O–H groups in total. The van der Waals surface area contributed by atoms with Crippen molar-refractivity contribution in [2.24, 2.45) is 0 Å². The molecule has 0 aromatic heterocycles. The fourth-order valence-electron chi connectivity index (χ4n) is 2.43. The molecule has 114 valence electrons. The van der Waals surface area contributed by atoms with Crippen LogP contribution in [0.4, 0.5) is 0 Å². The Morgan fingerprint density at radius 3 is 2.90 bits per heavy atom. The molecule has 1 heterocycles. The zero-order chi connectivity index (χ0) is 15.4. The van der Waals surface area contributed by atoms with E-state index in [4.69, 9.17) is 16.3 Å². The highest BCUT2D eigenvalue weighted by molar-refractivity contribution is 6.32. The van der Waals surface area contributed by atoms with E-state index in [1.165, 1.54) is 12.0 Å². The quantitative estimate of drug-likeness (QED) is 0.930. The summed E-state index contributed by atoms with van der Waals surface area (Å²) in [7, 11) is 3.15. The van der Waals surface area contributed by atoms with Crippen LogP contribution in [0.3, 0.4) is 0 Å². The lowest BCUT2D eigenvalue weighted by molar-refractivity contribution is -0.125. The number of carbonyl (C=O) groups is 2. The van der Waals surface area contributed by atoms with E-state index in [0.29, 0.717) is 29.3 Å². The summed E-state index contributed by atoms with van der Waals surface area (Å²) in [6.07, 6.45) is 2.54. The van der Waals surface area contributed by atoms with Crippen LogP contribution in [0.25, 0.3) is 0 Å². The number of halogens is 1. The van der Waals surface area contributed by atoms with Gasteiger partial charge in [0.25, 0.3) is 5.91 Å². The van der Waals surface area contributed by atoms with Crippen LogP contribution < -0.4 is 10.1 Å². The molecule has 1 atom stereocenters. The van der Waals surface area contributed by atoms with Gasteiger partial charge in [0, 0.05) is 19.2 Å². The predicted molar refractivity (Wildman–Crippen MR) is 80.7 cm³/mol. The third-order valence-corrected chi connectivity index (χ3v) is 4.00. The van der Waals surface area contributed by atoms with Crippen molar-refractivity contribution in [1.82, 2.24) is 10.2 Å². The summed E-state index contributed by atoms with van der Waals surface area (Å²) >= 11 is 5.96. The van der Waals surface area contributed by atoms with Gasteiger partial charge in [-0.1, -0.05) is 11.6 Å². The van der Waals surface area contributed by atoms with E-state index < -0.39 is 6.04 Å². The van der Waals surface area contributed by atoms with Gasteiger partial charge in [-0.05, 0) is 37.5 Å². The Balaban J connectivity index is 2.20. The van der Waals surface area contributed by atoms with Crippen LogP contribution in [-0.4, -0.2) is 43.5 Å². The Labute approximate surface area is 129 Å². The molecule has 0 saturated carbocycles. The third-order valence-electron chi connectivity index (χ3n) is 3.69. The lowest BCUT2D eigenvalue weighted by atomic mass is 10.1. The molecule has 1 aromatic carbocycles. The van der Waals surface area contributed by atoms with Crippen LogP contribution in [0.5, 0.6) is 5.75 Å². The first kappa shape index (κ1) is 15.6. The number of benzene rings is 1. The largest absolute Gasteiger partial charge is 0.495 e. The fourth-order valence-corrected chi connectivity index (χ4v) is 2.63. The number of likely N-dealkylation sites (N-methyl/N-ethyl adjacent to an activating group) is 1. The molecule has 1 saturated heterocycles. The van der Waals surface area contributed by atoms with Crippen molar-refractivity contribution in [3.63, 3.8) is 0 Å². The lowest BCUT2D eigenvalue weighted by Crippen LogP contribution is -2.46. The number of rotatable bonds is 3. The number of carbonyl (C=O) groups excluding carboxylic acids is 2. The summed E-state index contributed by atoms with van der Waals surface area (Å²) in [6, 6.07) is 4.42. The molecule has 1 aromatic rings. The van der Waals surface area contributed by atoms with Gasteiger partial charge in [-0.2, -0.15) is 0 Å². The second kappa shape index (κ2) is 6.80. The van der Waals surface area contributed by atoms with Crippen molar-refractivity contribution in [2.75, 3.05) is 20.7 Å². The van der Waals surface area contributed by atoms with Gasteiger partial charge in [-0.15, -0.1) is 0 Å². The standard InChI is InChI=1S/C15H19ClN2O3/c1-18(12-5-3-4-8-17-14(12)19)15(20)10-6-7-11(16)13(9-10)21-2/h6-7,9,12H,3-5,8H2,1-2H3,(H,17,19). The number of amides is 2. The van der Waals surface area contributed by atoms with Crippen LogP contribution >= 0.6 is 11.6 Å². The molecule has 2 rings (SSSR count). The molecule has 5 nitrogen and oxygen atoms in total. The molecule has 0 radical (unpaired) electrons. The average molecular weight is 311 g/mol. The van der Waals surface area contributed by atoms with Gasteiger partial charge in [0.1, 0.15) is 11.8 Å². The van der Waals surface area contributed by atoms with Crippen LogP contribution in [0.1, 0.15) is 29.6 Å². The van der Waals surface area contributed by atoms with Crippen molar-refractivity contribution in [2.45, 2.75) is 25.3 Å². The molecule has 0 spiro atoms. The Hall–Kier alpha value is -1.75. The first-order chi connectivity index (χ1) is 10.0. The van der Waals surface area contributed by atoms with E-state index in [9.17, 15) is 9.59 Å². The molecule has 1 aliphatic rings. The Kier molecular flexibility index (Phi) is 5.07. The Morgan fingerprint density at radius 1 is 1.43 bits per heavy atom. The molecule has 1 aliphatic heterocycles. The van der Waals surface area contributed by atoms with Crippen molar-refractivity contribution >= 4 is 23.4 Å². The van der Waals surface area contributed by atoms with Gasteiger partial charge in [-0.25, -0.2) is 0 Å². The predicted octanol–water partition coefficient (Wildman–Crippen LogP) is 2.09. The highest BCUT2D eigenvalue weighted by Gasteiger charge is 2.28. The monoisotopic (exact) mass is 310 g/mol. The van der Waals surface area contributed by atoms with Gasteiger partial charge in [0.15, 0.2) is 0 Å². The summed E-state index contributed by atoms with van der Waals surface area (Å²) in [5, 5.41) is 3.28. The summed E-state index contributed by atoms with van der Waals surface area (Å²) in [6.45, 7) is 0.673. The van der Waals surface area contributed by atoms with Crippen LogP contribution in [-0.2, 0) is 4.79 Å². The normalized spacial score (nSPS) is 18.6. The summed E-state index contributed by atoms with van der Waals surface area (Å²) < 4.78 is 5.12. The molecule has 6 heteroatoms. The summed E-state index contributed by atoms with van der Waals surface area (Å²) in [5.74, 6) is 0.137. The first-order valence-corrected chi connectivity index (χ1v) is 7.31. The number of hydrogen-bond acceptors (Lipinski definition) is 3.